The lowest BCUT2D eigenvalue weighted by molar-refractivity contribution is 0.0697. The smallest absolute Gasteiger partial charge is 0.335 e. The van der Waals surface area contributed by atoms with Gasteiger partial charge in [-0.15, -0.1) is 0 Å². The molecule has 0 aromatic heterocycles. The first-order valence-electron chi connectivity index (χ1n) is 8.82. The number of hydrogen-bond donors (Lipinski definition) is 1. The fourth-order valence-electron chi connectivity index (χ4n) is 4.25. The van der Waals surface area contributed by atoms with Crippen molar-refractivity contribution < 1.29 is 19.4 Å². The van der Waals surface area contributed by atoms with Crippen molar-refractivity contribution in [2.45, 2.75) is 31.8 Å². The number of carboxylic acid groups (broad SMARTS) is 1. The van der Waals surface area contributed by atoms with Gasteiger partial charge >= 0.3 is 5.97 Å². The molecular formula is C21H22O4. The van der Waals surface area contributed by atoms with E-state index >= 15 is 0 Å². The third-order valence-corrected chi connectivity index (χ3v) is 5.58. The van der Waals surface area contributed by atoms with E-state index in [0.717, 1.165) is 35.0 Å². The molecule has 2 saturated carbocycles. The Balaban J connectivity index is 1.60. The summed E-state index contributed by atoms with van der Waals surface area (Å²) in [5.41, 5.74) is 2.25. The zero-order valence-electron chi connectivity index (χ0n) is 14.3. The fourth-order valence-corrected chi connectivity index (χ4v) is 4.25. The van der Waals surface area contributed by atoms with Gasteiger partial charge in [0.1, 0.15) is 6.10 Å². The maximum Gasteiger partial charge on any atom is 0.335 e. The van der Waals surface area contributed by atoms with Gasteiger partial charge in [0.2, 0.25) is 0 Å². The molecule has 4 rings (SSSR count). The second-order valence-electron chi connectivity index (χ2n) is 7.08. The number of fused-ring (bicyclic) bond motifs is 2. The van der Waals surface area contributed by atoms with Gasteiger partial charge in [0.25, 0.3) is 0 Å². The van der Waals surface area contributed by atoms with E-state index in [2.05, 4.69) is 0 Å². The monoisotopic (exact) mass is 338 g/mol. The lowest BCUT2D eigenvalue weighted by atomic mass is 9.97. The average molecular weight is 338 g/mol. The van der Waals surface area contributed by atoms with E-state index in [0.29, 0.717) is 5.92 Å². The molecule has 2 bridgehead atoms. The van der Waals surface area contributed by atoms with Gasteiger partial charge < -0.3 is 14.6 Å². The lowest BCUT2D eigenvalue weighted by Gasteiger charge is -2.24. The SMILES string of the molecule is COc1ccc(-c2ccc(C(=O)O)cc2)cc1O[C@H]1CC2CCC1C2. The Morgan fingerprint density at radius 1 is 1.00 bits per heavy atom. The van der Waals surface area contributed by atoms with Crippen LogP contribution in [0.25, 0.3) is 11.1 Å². The Kier molecular flexibility index (Phi) is 4.12. The molecule has 0 spiro atoms. The quantitative estimate of drug-likeness (QED) is 0.864. The van der Waals surface area contributed by atoms with Crippen LogP contribution in [-0.4, -0.2) is 24.3 Å². The van der Waals surface area contributed by atoms with Crippen molar-refractivity contribution in [1.29, 1.82) is 0 Å². The van der Waals surface area contributed by atoms with Crippen LogP contribution in [0.3, 0.4) is 0 Å². The minimum atomic E-state index is -0.915. The maximum absolute atomic E-state index is 11.0. The molecule has 0 heterocycles. The predicted molar refractivity (Wildman–Crippen MR) is 95.3 cm³/mol. The van der Waals surface area contributed by atoms with Crippen LogP contribution < -0.4 is 9.47 Å². The minimum absolute atomic E-state index is 0.288. The lowest BCUT2D eigenvalue weighted by Crippen LogP contribution is -2.23. The third-order valence-electron chi connectivity index (χ3n) is 5.58. The zero-order valence-corrected chi connectivity index (χ0v) is 14.3. The molecule has 25 heavy (non-hydrogen) atoms. The summed E-state index contributed by atoms with van der Waals surface area (Å²) in [4.78, 5) is 11.0. The summed E-state index contributed by atoms with van der Waals surface area (Å²) in [6.07, 6.45) is 5.35. The van der Waals surface area contributed by atoms with Crippen molar-refractivity contribution in [2.24, 2.45) is 11.8 Å². The summed E-state index contributed by atoms with van der Waals surface area (Å²) < 4.78 is 11.8. The van der Waals surface area contributed by atoms with Crippen LogP contribution in [-0.2, 0) is 0 Å². The summed E-state index contributed by atoms with van der Waals surface area (Å²) in [6, 6.07) is 12.8. The number of aromatic carboxylic acids is 1. The summed E-state index contributed by atoms with van der Waals surface area (Å²) in [5, 5.41) is 9.03. The highest BCUT2D eigenvalue weighted by Crippen LogP contribution is 2.47. The maximum atomic E-state index is 11.0. The fraction of sp³-hybridized carbons (Fsp3) is 0.381. The first-order valence-corrected chi connectivity index (χ1v) is 8.82. The Labute approximate surface area is 147 Å². The Morgan fingerprint density at radius 3 is 2.36 bits per heavy atom. The van der Waals surface area contributed by atoms with Crippen LogP contribution in [0, 0.1) is 11.8 Å². The molecule has 2 aliphatic rings. The van der Waals surface area contributed by atoms with E-state index in [1.807, 2.05) is 30.3 Å². The number of methoxy groups -OCH3 is 1. The molecular weight excluding hydrogens is 316 g/mol. The van der Waals surface area contributed by atoms with E-state index in [4.69, 9.17) is 14.6 Å². The van der Waals surface area contributed by atoms with Gasteiger partial charge in [-0.3, -0.25) is 0 Å². The molecule has 0 aliphatic heterocycles. The molecule has 0 radical (unpaired) electrons. The van der Waals surface area contributed by atoms with Crippen molar-refractivity contribution in [3.05, 3.63) is 48.0 Å². The van der Waals surface area contributed by atoms with Crippen LogP contribution in [0.15, 0.2) is 42.5 Å². The Bertz CT molecular complexity index is 781. The van der Waals surface area contributed by atoms with E-state index < -0.39 is 5.97 Å². The number of carboxylic acids is 1. The summed E-state index contributed by atoms with van der Waals surface area (Å²) in [5.74, 6) is 2.11. The van der Waals surface area contributed by atoms with Crippen molar-refractivity contribution in [2.75, 3.05) is 7.11 Å². The van der Waals surface area contributed by atoms with E-state index in [-0.39, 0.29) is 11.7 Å². The van der Waals surface area contributed by atoms with Gasteiger partial charge in [0.05, 0.1) is 12.7 Å². The van der Waals surface area contributed by atoms with Crippen molar-refractivity contribution in [3.63, 3.8) is 0 Å². The van der Waals surface area contributed by atoms with Crippen LogP contribution in [0.4, 0.5) is 0 Å². The molecule has 130 valence electrons. The average Bonchev–Trinajstić information content (AvgIpc) is 3.25. The first-order chi connectivity index (χ1) is 12.1. The number of benzene rings is 2. The Morgan fingerprint density at radius 2 is 1.76 bits per heavy atom. The highest BCUT2D eigenvalue weighted by molar-refractivity contribution is 5.88. The van der Waals surface area contributed by atoms with Gasteiger partial charge in [0, 0.05) is 0 Å². The number of hydrogen-bond acceptors (Lipinski definition) is 3. The second kappa shape index (κ2) is 6.43. The number of ether oxygens (including phenoxy) is 2. The molecule has 4 heteroatoms. The highest BCUT2D eigenvalue weighted by Gasteiger charge is 2.41. The molecule has 3 atom stereocenters. The van der Waals surface area contributed by atoms with Crippen molar-refractivity contribution >= 4 is 5.97 Å². The van der Waals surface area contributed by atoms with Gasteiger partial charge in [-0.25, -0.2) is 4.79 Å². The molecule has 0 amide bonds. The molecule has 0 saturated heterocycles. The molecule has 1 N–H and O–H groups in total. The normalized spacial score (nSPS) is 24.3. The summed E-state index contributed by atoms with van der Waals surface area (Å²) in [7, 11) is 1.66. The van der Waals surface area contributed by atoms with E-state index in [9.17, 15) is 4.79 Å². The van der Waals surface area contributed by atoms with Gasteiger partial charge in [-0.05, 0) is 72.9 Å². The summed E-state index contributed by atoms with van der Waals surface area (Å²) >= 11 is 0. The molecule has 4 nitrogen and oxygen atoms in total. The van der Waals surface area contributed by atoms with Gasteiger partial charge in [-0.2, -0.15) is 0 Å². The predicted octanol–water partition coefficient (Wildman–Crippen LogP) is 4.63. The Hall–Kier alpha value is -2.49. The minimum Gasteiger partial charge on any atom is -0.493 e. The molecule has 2 fully saturated rings. The van der Waals surface area contributed by atoms with Crippen LogP contribution in [0.5, 0.6) is 11.5 Å². The van der Waals surface area contributed by atoms with Gasteiger partial charge in [0.15, 0.2) is 11.5 Å². The number of rotatable bonds is 5. The standard InChI is InChI=1S/C21H22O4/c1-24-18-9-8-16(14-4-6-15(7-5-14)21(22)23)12-20(18)25-19-11-13-2-3-17(19)10-13/h4-9,12-13,17,19H,2-3,10-11H2,1H3,(H,22,23)/t13?,17?,19-/m0/s1. The van der Waals surface area contributed by atoms with Crippen molar-refractivity contribution in [3.8, 4) is 22.6 Å². The van der Waals surface area contributed by atoms with E-state index in [1.54, 1.807) is 19.2 Å². The zero-order chi connectivity index (χ0) is 17.4. The number of carbonyl (C=O) groups is 1. The van der Waals surface area contributed by atoms with E-state index in [1.165, 1.54) is 19.3 Å². The van der Waals surface area contributed by atoms with Crippen LogP contribution >= 0.6 is 0 Å². The van der Waals surface area contributed by atoms with Crippen LogP contribution in [0.2, 0.25) is 0 Å². The molecule has 2 aliphatic carbocycles. The molecule has 2 aromatic carbocycles. The third kappa shape index (κ3) is 3.09. The largest absolute Gasteiger partial charge is 0.493 e. The molecule has 2 aromatic rings. The topological polar surface area (TPSA) is 55.8 Å². The first kappa shape index (κ1) is 16.0. The molecule has 2 unspecified atom stereocenters. The van der Waals surface area contributed by atoms with Gasteiger partial charge in [-0.1, -0.05) is 18.2 Å². The summed E-state index contributed by atoms with van der Waals surface area (Å²) in [6.45, 7) is 0. The second-order valence-corrected chi connectivity index (χ2v) is 7.08. The van der Waals surface area contributed by atoms with Crippen LogP contribution in [0.1, 0.15) is 36.0 Å². The van der Waals surface area contributed by atoms with Crippen molar-refractivity contribution in [1.82, 2.24) is 0 Å². The highest BCUT2D eigenvalue weighted by atomic mass is 16.5.